The maximum Gasteiger partial charge on any atom is 0.306 e. The molecule has 1 unspecified atom stereocenters. The highest BCUT2D eigenvalue weighted by molar-refractivity contribution is 5.71. The van der Waals surface area contributed by atoms with Crippen molar-refractivity contribution in [3.05, 3.63) is 24.3 Å². The van der Waals surface area contributed by atoms with Crippen LogP contribution in [0.5, 0.6) is 0 Å². The van der Waals surface area contributed by atoms with Crippen molar-refractivity contribution in [2.45, 2.75) is 386 Å². The Hall–Kier alpha value is -2.11. The highest BCUT2D eigenvalue weighted by Crippen LogP contribution is 2.18. The van der Waals surface area contributed by atoms with Gasteiger partial charge in [-0.2, -0.15) is 0 Å². The van der Waals surface area contributed by atoms with Crippen LogP contribution in [0, 0.1) is 0 Å². The van der Waals surface area contributed by atoms with Crippen LogP contribution in [0.3, 0.4) is 0 Å². The van der Waals surface area contributed by atoms with Crippen LogP contribution in [0.1, 0.15) is 380 Å². The molecule has 0 N–H and O–H groups in total. The van der Waals surface area contributed by atoms with Gasteiger partial charge in [-0.25, -0.2) is 0 Å². The first-order valence-electron chi connectivity index (χ1n) is 33.8. The standard InChI is InChI=1S/C69H130O6/c1-4-7-10-13-16-19-22-25-28-31-34-36-38-41-44-47-50-53-56-59-62-68(71)74-65-66(64-73-67(70)61-58-55-52-49-46-43-40-37-33-30-27-24-21-18-15-12-9-6-3)75-69(72)63-60-57-54-51-48-45-42-39-35-32-29-26-23-20-17-14-11-8-5-2/h17,20,26,29,66H,4-16,18-19,21-25,27-28,30-65H2,1-3H3/b20-17-,29-26-. The van der Waals surface area contributed by atoms with Gasteiger partial charge in [0.15, 0.2) is 6.10 Å². The summed E-state index contributed by atoms with van der Waals surface area (Å²) in [6.45, 7) is 6.70. The van der Waals surface area contributed by atoms with Crippen molar-refractivity contribution in [1.82, 2.24) is 0 Å². The van der Waals surface area contributed by atoms with Gasteiger partial charge < -0.3 is 14.2 Å². The van der Waals surface area contributed by atoms with Gasteiger partial charge in [-0.1, -0.05) is 334 Å². The molecule has 0 saturated heterocycles. The highest BCUT2D eigenvalue weighted by atomic mass is 16.6. The Balaban J connectivity index is 4.31. The summed E-state index contributed by atoms with van der Waals surface area (Å²) in [4.78, 5) is 38.4. The average molecular weight is 1060 g/mol. The lowest BCUT2D eigenvalue weighted by Crippen LogP contribution is -2.30. The molecule has 75 heavy (non-hydrogen) atoms. The molecule has 6 nitrogen and oxygen atoms in total. The molecule has 0 aromatic rings. The number of hydrogen-bond acceptors (Lipinski definition) is 6. The van der Waals surface area contributed by atoms with Crippen LogP contribution < -0.4 is 0 Å². The number of carbonyl (C=O) groups excluding carboxylic acids is 3. The van der Waals surface area contributed by atoms with Crippen LogP contribution in [0.4, 0.5) is 0 Å². The van der Waals surface area contributed by atoms with E-state index in [2.05, 4.69) is 45.1 Å². The molecule has 0 aliphatic carbocycles. The van der Waals surface area contributed by atoms with E-state index in [4.69, 9.17) is 14.2 Å². The average Bonchev–Trinajstić information content (AvgIpc) is 3.41. The molecule has 0 amide bonds. The maximum atomic E-state index is 12.9. The maximum absolute atomic E-state index is 12.9. The van der Waals surface area contributed by atoms with Crippen LogP contribution >= 0.6 is 0 Å². The van der Waals surface area contributed by atoms with Gasteiger partial charge in [0.1, 0.15) is 13.2 Å². The largest absolute Gasteiger partial charge is 0.462 e. The van der Waals surface area contributed by atoms with Crippen LogP contribution in [0.25, 0.3) is 0 Å². The molecule has 0 heterocycles. The third-order valence-electron chi connectivity index (χ3n) is 15.5. The Morgan fingerprint density at radius 3 is 0.760 bits per heavy atom. The molecule has 442 valence electrons. The Morgan fingerprint density at radius 2 is 0.480 bits per heavy atom. The minimum atomic E-state index is -0.770. The van der Waals surface area contributed by atoms with Crippen molar-refractivity contribution in [3.8, 4) is 0 Å². The predicted molar refractivity (Wildman–Crippen MR) is 326 cm³/mol. The van der Waals surface area contributed by atoms with Gasteiger partial charge in [0.2, 0.25) is 0 Å². The van der Waals surface area contributed by atoms with Gasteiger partial charge in [-0.3, -0.25) is 14.4 Å². The van der Waals surface area contributed by atoms with Crippen LogP contribution in [-0.4, -0.2) is 37.2 Å². The molecule has 0 aromatic carbocycles. The van der Waals surface area contributed by atoms with Crippen LogP contribution in [-0.2, 0) is 28.6 Å². The van der Waals surface area contributed by atoms with E-state index < -0.39 is 6.10 Å². The van der Waals surface area contributed by atoms with E-state index in [1.165, 1.54) is 276 Å². The third kappa shape index (κ3) is 62.6. The Morgan fingerprint density at radius 1 is 0.267 bits per heavy atom. The number of ether oxygens (including phenoxy) is 3. The minimum Gasteiger partial charge on any atom is -0.462 e. The molecule has 0 radical (unpaired) electrons. The second kappa shape index (κ2) is 64.4. The summed E-state index contributed by atoms with van der Waals surface area (Å²) in [5.41, 5.74) is 0. The van der Waals surface area contributed by atoms with Crippen molar-refractivity contribution < 1.29 is 28.6 Å². The minimum absolute atomic E-state index is 0.0664. The van der Waals surface area contributed by atoms with Crippen LogP contribution in [0.15, 0.2) is 24.3 Å². The summed E-state index contributed by atoms with van der Waals surface area (Å²) < 4.78 is 17.0. The highest BCUT2D eigenvalue weighted by Gasteiger charge is 2.19. The zero-order valence-electron chi connectivity index (χ0n) is 50.8. The van der Waals surface area contributed by atoms with E-state index in [1.54, 1.807) is 0 Å². The smallest absolute Gasteiger partial charge is 0.306 e. The molecule has 0 aromatic heterocycles. The van der Waals surface area contributed by atoms with Gasteiger partial charge in [-0.15, -0.1) is 0 Å². The van der Waals surface area contributed by atoms with Gasteiger partial charge in [0, 0.05) is 19.3 Å². The fourth-order valence-corrected chi connectivity index (χ4v) is 10.4. The monoisotopic (exact) mass is 1050 g/mol. The van der Waals surface area contributed by atoms with Crippen LogP contribution in [0.2, 0.25) is 0 Å². The topological polar surface area (TPSA) is 78.9 Å². The number of allylic oxidation sites excluding steroid dienone is 4. The fraction of sp³-hybridized carbons (Fsp3) is 0.899. The van der Waals surface area contributed by atoms with Crippen molar-refractivity contribution in [2.24, 2.45) is 0 Å². The fourth-order valence-electron chi connectivity index (χ4n) is 10.4. The second-order valence-electron chi connectivity index (χ2n) is 23.1. The lowest BCUT2D eigenvalue weighted by molar-refractivity contribution is -0.167. The Bertz CT molecular complexity index is 1210. The summed E-state index contributed by atoms with van der Waals surface area (Å²) in [5, 5.41) is 0. The number of hydrogen-bond donors (Lipinski definition) is 0. The SMILES string of the molecule is CCCCC/C=C\C/C=C\CCCCCCCCCCCC(=O)OC(COC(=O)CCCCCCCCCCCCCCCCCCCC)COC(=O)CCCCCCCCCCCCCCCCCCCCCC. The molecule has 0 saturated carbocycles. The zero-order chi connectivity index (χ0) is 54.3. The summed E-state index contributed by atoms with van der Waals surface area (Å²) in [6, 6.07) is 0. The Labute approximate surface area is 468 Å². The van der Waals surface area contributed by atoms with Crippen molar-refractivity contribution in [1.29, 1.82) is 0 Å². The van der Waals surface area contributed by atoms with Crippen molar-refractivity contribution in [2.75, 3.05) is 13.2 Å². The number of esters is 3. The lowest BCUT2D eigenvalue weighted by Gasteiger charge is -2.18. The van der Waals surface area contributed by atoms with Gasteiger partial charge in [0.05, 0.1) is 0 Å². The lowest BCUT2D eigenvalue weighted by atomic mass is 10.0. The molecule has 6 heteroatoms. The molecule has 0 bridgehead atoms. The van der Waals surface area contributed by atoms with E-state index in [1.807, 2.05) is 0 Å². The molecule has 0 fully saturated rings. The van der Waals surface area contributed by atoms with E-state index in [0.29, 0.717) is 19.3 Å². The molecule has 1 atom stereocenters. The molecule has 0 aliphatic heterocycles. The van der Waals surface area contributed by atoms with Gasteiger partial charge in [-0.05, 0) is 51.4 Å². The number of unbranched alkanes of at least 4 members (excludes halogenated alkanes) is 48. The molecular formula is C69H130O6. The van der Waals surface area contributed by atoms with E-state index in [0.717, 1.165) is 64.2 Å². The number of rotatable bonds is 63. The summed E-state index contributed by atoms with van der Waals surface area (Å²) in [7, 11) is 0. The first-order chi connectivity index (χ1) is 37.0. The zero-order valence-corrected chi connectivity index (χ0v) is 50.8. The van der Waals surface area contributed by atoms with E-state index in [-0.39, 0.29) is 31.1 Å². The second-order valence-corrected chi connectivity index (χ2v) is 23.1. The Kier molecular flexibility index (Phi) is 62.6. The first kappa shape index (κ1) is 72.9. The van der Waals surface area contributed by atoms with Crippen molar-refractivity contribution in [3.63, 3.8) is 0 Å². The molecular weight excluding hydrogens is 925 g/mol. The van der Waals surface area contributed by atoms with Gasteiger partial charge in [0.25, 0.3) is 0 Å². The van der Waals surface area contributed by atoms with E-state index in [9.17, 15) is 14.4 Å². The van der Waals surface area contributed by atoms with E-state index >= 15 is 0 Å². The predicted octanol–water partition coefficient (Wildman–Crippen LogP) is 23.0. The quantitative estimate of drug-likeness (QED) is 0.0261. The summed E-state index contributed by atoms with van der Waals surface area (Å²) >= 11 is 0. The normalized spacial score (nSPS) is 12.1. The molecule has 0 spiro atoms. The van der Waals surface area contributed by atoms with Gasteiger partial charge >= 0.3 is 17.9 Å². The summed E-state index contributed by atoms with van der Waals surface area (Å²) in [6.07, 6.45) is 77.6. The van der Waals surface area contributed by atoms with Crippen molar-refractivity contribution >= 4 is 17.9 Å². The third-order valence-corrected chi connectivity index (χ3v) is 15.5. The number of carbonyl (C=O) groups is 3. The first-order valence-corrected chi connectivity index (χ1v) is 33.8. The molecule has 0 aliphatic rings. The molecule has 0 rings (SSSR count). The summed E-state index contributed by atoms with van der Waals surface area (Å²) in [5.74, 6) is -0.838.